The highest BCUT2D eigenvalue weighted by Gasteiger charge is 2.34. The van der Waals surface area contributed by atoms with E-state index in [0.717, 1.165) is 31.7 Å². The van der Waals surface area contributed by atoms with Gasteiger partial charge in [0.1, 0.15) is 18.0 Å². The number of amides is 1. The maximum atomic E-state index is 13.8. The van der Waals surface area contributed by atoms with Gasteiger partial charge in [-0.1, -0.05) is 6.07 Å². The predicted molar refractivity (Wildman–Crippen MR) is 95.9 cm³/mol. The summed E-state index contributed by atoms with van der Waals surface area (Å²) in [5.74, 6) is -0.858. The lowest BCUT2D eigenvalue weighted by atomic mass is 9.91. The van der Waals surface area contributed by atoms with E-state index in [0.29, 0.717) is 17.6 Å². The van der Waals surface area contributed by atoms with Crippen LogP contribution in [-0.4, -0.2) is 28.0 Å². The van der Waals surface area contributed by atoms with Crippen LogP contribution >= 0.6 is 0 Å². The third-order valence-electron chi connectivity index (χ3n) is 4.72. The molecule has 2 N–H and O–H groups in total. The zero-order chi connectivity index (χ0) is 20.3. The van der Waals surface area contributed by atoms with Gasteiger partial charge in [0.2, 0.25) is 5.91 Å². The number of nitrogens with one attached hydrogen (secondary N) is 2. The standard InChI is InChI=1S/C19H20F4N4O/c1-11(28)26-13-3-5-14(6-4-13)27-18-9-17(24-10-25-18)12-2-7-15(16(20)8-12)19(21,22)23/h2,7-10,13-14H,3-6H2,1H3,(H,26,28)(H,24,25,27). The van der Waals surface area contributed by atoms with Gasteiger partial charge in [0.15, 0.2) is 0 Å². The first-order chi connectivity index (χ1) is 13.2. The molecule has 0 spiro atoms. The smallest absolute Gasteiger partial charge is 0.367 e. The molecule has 1 aliphatic rings. The Morgan fingerprint density at radius 1 is 1.07 bits per heavy atom. The van der Waals surface area contributed by atoms with Crippen molar-refractivity contribution in [1.29, 1.82) is 0 Å². The first-order valence-corrected chi connectivity index (χ1v) is 8.95. The van der Waals surface area contributed by atoms with E-state index in [1.54, 1.807) is 6.07 Å². The minimum absolute atomic E-state index is 0.0411. The zero-order valence-corrected chi connectivity index (χ0v) is 15.2. The van der Waals surface area contributed by atoms with E-state index < -0.39 is 17.6 Å². The molecule has 9 heteroatoms. The zero-order valence-electron chi connectivity index (χ0n) is 15.2. The third-order valence-corrected chi connectivity index (χ3v) is 4.72. The summed E-state index contributed by atoms with van der Waals surface area (Å²) in [5.41, 5.74) is -0.734. The number of carbonyl (C=O) groups is 1. The highest BCUT2D eigenvalue weighted by molar-refractivity contribution is 5.73. The minimum atomic E-state index is -4.74. The molecule has 0 aliphatic heterocycles. The second-order valence-electron chi connectivity index (χ2n) is 6.87. The van der Waals surface area contributed by atoms with E-state index in [-0.39, 0.29) is 23.6 Å². The van der Waals surface area contributed by atoms with Gasteiger partial charge < -0.3 is 10.6 Å². The first-order valence-electron chi connectivity index (χ1n) is 8.95. The van der Waals surface area contributed by atoms with Crippen molar-refractivity contribution in [3.05, 3.63) is 42.0 Å². The summed E-state index contributed by atoms with van der Waals surface area (Å²) in [7, 11) is 0. The molecule has 1 fully saturated rings. The van der Waals surface area contributed by atoms with Crippen molar-refractivity contribution < 1.29 is 22.4 Å². The van der Waals surface area contributed by atoms with Crippen LogP contribution in [-0.2, 0) is 11.0 Å². The molecule has 0 radical (unpaired) electrons. The number of anilines is 1. The van der Waals surface area contributed by atoms with Gasteiger partial charge >= 0.3 is 6.18 Å². The predicted octanol–water partition coefficient (Wildman–Crippen LogP) is 4.16. The van der Waals surface area contributed by atoms with Crippen LogP contribution in [0.1, 0.15) is 38.2 Å². The number of alkyl halides is 3. The van der Waals surface area contributed by atoms with Crippen molar-refractivity contribution in [3.63, 3.8) is 0 Å². The molecule has 28 heavy (non-hydrogen) atoms. The topological polar surface area (TPSA) is 66.9 Å². The van der Waals surface area contributed by atoms with Crippen molar-refractivity contribution in [1.82, 2.24) is 15.3 Å². The normalized spacial score (nSPS) is 19.9. The molecular formula is C19H20F4N4O. The number of carbonyl (C=O) groups excluding carboxylic acids is 1. The van der Waals surface area contributed by atoms with Crippen molar-refractivity contribution in [2.45, 2.75) is 50.9 Å². The molecule has 5 nitrogen and oxygen atoms in total. The van der Waals surface area contributed by atoms with Crippen molar-refractivity contribution in [2.24, 2.45) is 0 Å². The molecule has 3 rings (SSSR count). The van der Waals surface area contributed by atoms with Crippen LogP contribution in [0.3, 0.4) is 0 Å². The summed E-state index contributed by atoms with van der Waals surface area (Å²) in [6.45, 7) is 1.50. The number of aromatic nitrogens is 2. The third kappa shape index (κ3) is 4.96. The minimum Gasteiger partial charge on any atom is -0.367 e. The summed E-state index contributed by atoms with van der Waals surface area (Å²) in [6, 6.07) is 4.65. The summed E-state index contributed by atoms with van der Waals surface area (Å²) in [6.07, 6.45) is -0.0652. The lowest BCUT2D eigenvalue weighted by Crippen LogP contribution is -2.39. The van der Waals surface area contributed by atoms with Crippen LogP contribution in [0.4, 0.5) is 23.4 Å². The summed E-state index contributed by atoms with van der Waals surface area (Å²) < 4.78 is 51.9. The molecule has 0 unspecified atom stereocenters. The van der Waals surface area contributed by atoms with E-state index in [1.165, 1.54) is 19.3 Å². The van der Waals surface area contributed by atoms with Crippen LogP contribution in [0, 0.1) is 5.82 Å². The molecule has 1 amide bonds. The largest absolute Gasteiger partial charge is 0.419 e. The van der Waals surface area contributed by atoms with E-state index in [4.69, 9.17) is 0 Å². The van der Waals surface area contributed by atoms with Gasteiger partial charge in [0, 0.05) is 30.6 Å². The van der Waals surface area contributed by atoms with Gasteiger partial charge in [-0.15, -0.1) is 0 Å². The van der Waals surface area contributed by atoms with E-state index >= 15 is 0 Å². The SMILES string of the molecule is CC(=O)NC1CCC(Nc2cc(-c3ccc(C(F)(F)F)c(F)c3)ncn2)CC1. The Morgan fingerprint density at radius 3 is 2.36 bits per heavy atom. The van der Waals surface area contributed by atoms with Gasteiger partial charge in [0.25, 0.3) is 0 Å². The Balaban J connectivity index is 1.68. The number of halogens is 4. The lowest BCUT2D eigenvalue weighted by Gasteiger charge is -2.29. The van der Waals surface area contributed by atoms with Crippen molar-refractivity contribution >= 4 is 11.7 Å². The fourth-order valence-electron chi connectivity index (χ4n) is 3.38. The molecule has 1 saturated carbocycles. The van der Waals surface area contributed by atoms with Crippen LogP contribution < -0.4 is 10.6 Å². The van der Waals surface area contributed by atoms with Gasteiger partial charge in [0.05, 0.1) is 11.3 Å². The van der Waals surface area contributed by atoms with Gasteiger partial charge in [-0.2, -0.15) is 13.2 Å². The number of rotatable bonds is 4. The molecule has 0 saturated heterocycles. The second-order valence-corrected chi connectivity index (χ2v) is 6.87. The molecule has 0 atom stereocenters. The molecule has 1 heterocycles. The van der Waals surface area contributed by atoms with E-state index in [9.17, 15) is 22.4 Å². The average Bonchev–Trinajstić information content (AvgIpc) is 2.62. The van der Waals surface area contributed by atoms with Crippen molar-refractivity contribution in [3.8, 4) is 11.3 Å². The second kappa shape index (κ2) is 8.12. The highest BCUT2D eigenvalue weighted by atomic mass is 19.4. The van der Waals surface area contributed by atoms with Crippen LogP contribution in [0.5, 0.6) is 0 Å². The lowest BCUT2D eigenvalue weighted by molar-refractivity contribution is -0.140. The van der Waals surface area contributed by atoms with Crippen LogP contribution in [0.15, 0.2) is 30.6 Å². The molecule has 0 bridgehead atoms. The molecule has 1 aliphatic carbocycles. The summed E-state index contributed by atoms with van der Waals surface area (Å²) >= 11 is 0. The average molecular weight is 396 g/mol. The molecule has 2 aromatic rings. The number of hydrogen-bond acceptors (Lipinski definition) is 4. The van der Waals surface area contributed by atoms with Crippen molar-refractivity contribution in [2.75, 3.05) is 5.32 Å². The van der Waals surface area contributed by atoms with Gasteiger partial charge in [-0.05, 0) is 37.8 Å². The quantitative estimate of drug-likeness (QED) is 0.762. The summed E-state index contributed by atoms with van der Waals surface area (Å²) in [4.78, 5) is 19.3. The number of nitrogens with zero attached hydrogens (tertiary/aromatic N) is 2. The fourth-order valence-corrected chi connectivity index (χ4v) is 3.38. The summed E-state index contributed by atoms with van der Waals surface area (Å²) in [5, 5.41) is 6.19. The number of hydrogen-bond donors (Lipinski definition) is 2. The van der Waals surface area contributed by atoms with E-state index in [1.807, 2.05) is 0 Å². The molecule has 1 aromatic carbocycles. The molecular weight excluding hydrogens is 376 g/mol. The maximum Gasteiger partial charge on any atom is 0.419 e. The Kier molecular flexibility index (Phi) is 5.81. The van der Waals surface area contributed by atoms with Crippen LogP contribution in [0.25, 0.3) is 11.3 Å². The van der Waals surface area contributed by atoms with Gasteiger partial charge in [-0.25, -0.2) is 14.4 Å². The number of benzene rings is 1. The van der Waals surface area contributed by atoms with E-state index in [2.05, 4.69) is 20.6 Å². The Labute approximate surface area is 159 Å². The van der Waals surface area contributed by atoms with Crippen LogP contribution in [0.2, 0.25) is 0 Å². The fraction of sp³-hybridized carbons (Fsp3) is 0.421. The highest BCUT2D eigenvalue weighted by Crippen LogP contribution is 2.33. The first kappa shape index (κ1) is 20.0. The molecule has 1 aromatic heterocycles. The molecule has 150 valence electrons. The Hall–Kier alpha value is -2.71. The Bertz CT molecular complexity index is 848. The van der Waals surface area contributed by atoms with Gasteiger partial charge in [-0.3, -0.25) is 4.79 Å². The monoisotopic (exact) mass is 396 g/mol. The maximum absolute atomic E-state index is 13.8. The Morgan fingerprint density at radius 2 is 1.75 bits per heavy atom.